The Labute approximate surface area is 147 Å². The highest BCUT2D eigenvalue weighted by Gasteiger charge is 2.00. The molecule has 0 atom stereocenters. The second-order valence-electron chi connectivity index (χ2n) is 4.98. The van der Waals surface area contributed by atoms with Crippen molar-refractivity contribution in [2.24, 2.45) is 5.73 Å². The van der Waals surface area contributed by atoms with Gasteiger partial charge in [-0.3, -0.25) is 0 Å². The molecule has 0 bridgehead atoms. The van der Waals surface area contributed by atoms with E-state index >= 15 is 0 Å². The maximum atomic E-state index is 11.5. The first kappa shape index (κ1) is 17.5. The molecular weight excluding hydrogens is 320 g/mol. The zero-order chi connectivity index (χ0) is 17.2. The van der Waals surface area contributed by atoms with Crippen LogP contribution in [0.5, 0.6) is 0 Å². The van der Waals surface area contributed by atoms with Crippen LogP contribution >= 0.6 is 12.2 Å². The van der Waals surface area contributed by atoms with Gasteiger partial charge in [-0.05, 0) is 17.7 Å². The summed E-state index contributed by atoms with van der Waals surface area (Å²) in [5.41, 5.74) is 8.18. The van der Waals surface area contributed by atoms with Crippen molar-refractivity contribution < 1.29 is 9.53 Å². The second-order valence-corrected chi connectivity index (χ2v) is 5.42. The van der Waals surface area contributed by atoms with E-state index in [9.17, 15) is 4.79 Å². The van der Waals surface area contributed by atoms with Crippen molar-refractivity contribution in [3.63, 3.8) is 0 Å². The van der Waals surface area contributed by atoms with Crippen LogP contribution in [0.25, 0.3) is 0 Å². The predicted octanol–water partition coefficient (Wildman–Crippen LogP) is 2.99. The quantitative estimate of drug-likeness (QED) is 0.500. The lowest BCUT2D eigenvalue weighted by atomic mass is 10.1. The number of hydrogen-bond donors (Lipinski definition) is 2. The number of rotatable bonds is 5. The number of carbonyl (C=O) groups is 1. The maximum absolute atomic E-state index is 11.5. The van der Waals surface area contributed by atoms with Crippen LogP contribution in [0, 0.1) is 11.8 Å². The number of hydrogen-bond acceptors (Lipinski definition) is 3. The molecule has 2 rings (SSSR count). The molecular formula is C19H18N2O2S. The Morgan fingerprint density at radius 3 is 2.50 bits per heavy atom. The zero-order valence-corrected chi connectivity index (χ0v) is 13.9. The van der Waals surface area contributed by atoms with Crippen molar-refractivity contribution in [2.45, 2.75) is 13.0 Å². The van der Waals surface area contributed by atoms with Gasteiger partial charge in [-0.1, -0.05) is 66.5 Å². The first-order valence-electron chi connectivity index (χ1n) is 7.48. The van der Waals surface area contributed by atoms with Crippen LogP contribution in [0.2, 0.25) is 0 Å². The summed E-state index contributed by atoms with van der Waals surface area (Å²) < 4.78 is 5.11. The molecule has 2 aromatic carbocycles. The summed E-state index contributed by atoms with van der Waals surface area (Å²) in [6, 6.07) is 16.9. The third kappa shape index (κ3) is 6.11. The van der Waals surface area contributed by atoms with E-state index in [4.69, 9.17) is 22.7 Å². The summed E-state index contributed by atoms with van der Waals surface area (Å²) in [4.78, 5) is 11.9. The molecule has 0 unspecified atom stereocenters. The summed E-state index contributed by atoms with van der Waals surface area (Å²) in [6.45, 7) is 0.694. The number of nitrogens with two attached hydrogens (primary N) is 1. The van der Waals surface area contributed by atoms with E-state index in [1.807, 2.05) is 54.6 Å². The topological polar surface area (TPSA) is 64.3 Å². The van der Waals surface area contributed by atoms with E-state index < -0.39 is 6.09 Å². The monoisotopic (exact) mass is 338 g/mol. The molecule has 0 heterocycles. The molecule has 0 aromatic heterocycles. The molecule has 1 amide bonds. The molecule has 0 aliphatic heterocycles. The van der Waals surface area contributed by atoms with Crippen LogP contribution < -0.4 is 11.1 Å². The van der Waals surface area contributed by atoms with Gasteiger partial charge in [0.2, 0.25) is 0 Å². The van der Waals surface area contributed by atoms with Crippen LogP contribution in [0.15, 0.2) is 54.6 Å². The van der Waals surface area contributed by atoms with Gasteiger partial charge in [-0.15, -0.1) is 0 Å². The van der Waals surface area contributed by atoms with Gasteiger partial charge in [0.1, 0.15) is 11.6 Å². The standard InChI is InChI=1S/C19H18N2O2S/c20-18(24)17-11-9-15(10-12-17)6-4-5-13-21-19(22)23-14-16-7-2-1-3-8-16/h1-3,7-12H,5,13-14H2,(H2,20,24)(H,21,22). The molecule has 2 aromatic rings. The Hall–Kier alpha value is -2.84. The number of thiocarbonyl (C=S) groups is 1. The predicted molar refractivity (Wildman–Crippen MR) is 98.5 cm³/mol. The Balaban J connectivity index is 1.67. The normalized spacial score (nSPS) is 9.50. The Morgan fingerprint density at radius 1 is 1.12 bits per heavy atom. The first-order chi connectivity index (χ1) is 11.6. The number of nitrogens with one attached hydrogen (secondary N) is 1. The van der Waals surface area contributed by atoms with Gasteiger partial charge >= 0.3 is 6.09 Å². The summed E-state index contributed by atoms with van der Waals surface area (Å²) >= 11 is 4.89. The molecule has 0 aliphatic rings. The zero-order valence-electron chi connectivity index (χ0n) is 13.1. The minimum atomic E-state index is -0.443. The van der Waals surface area contributed by atoms with E-state index in [0.29, 0.717) is 18.0 Å². The summed E-state index contributed by atoms with van der Waals surface area (Å²) in [5.74, 6) is 6.01. The molecule has 122 valence electrons. The lowest BCUT2D eigenvalue weighted by Gasteiger charge is -2.05. The largest absolute Gasteiger partial charge is 0.445 e. The van der Waals surface area contributed by atoms with Crippen LogP contribution in [0.4, 0.5) is 4.79 Å². The number of amides is 1. The Bertz CT molecular complexity index is 746. The first-order valence-corrected chi connectivity index (χ1v) is 7.89. The molecule has 5 heteroatoms. The fraction of sp³-hybridized carbons (Fsp3) is 0.158. The molecule has 3 N–H and O–H groups in total. The highest BCUT2D eigenvalue weighted by atomic mass is 32.1. The van der Waals surface area contributed by atoms with Crippen molar-refractivity contribution in [1.29, 1.82) is 0 Å². The van der Waals surface area contributed by atoms with Crippen molar-refractivity contribution in [2.75, 3.05) is 6.54 Å². The molecule has 0 aliphatic carbocycles. The van der Waals surface area contributed by atoms with Gasteiger partial charge < -0.3 is 15.8 Å². The SMILES string of the molecule is NC(=S)c1ccc(C#CCCNC(=O)OCc2ccccc2)cc1. The van der Waals surface area contributed by atoms with E-state index in [0.717, 1.165) is 16.7 Å². The van der Waals surface area contributed by atoms with Crippen molar-refractivity contribution in [1.82, 2.24) is 5.32 Å². The molecule has 0 saturated heterocycles. The molecule has 4 nitrogen and oxygen atoms in total. The lowest BCUT2D eigenvalue weighted by Crippen LogP contribution is -2.24. The summed E-state index contributed by atoms with van der Waals surface area (Å²) in [6.07, 6.45) is 0.0961. The van der Waals surface area contributed by atoms with E-state index in [1.165, 1.54) is 0 Å². The fourth-order valence-corrected chi connectivity index (χ4v) is 2.02. The average Bonchev–Trinajstić information content (AvgIpc) is 2.61. The van der Waals surface area contributed by atoms with Gasteiger partial charge in [0, 0.05) is 24.1 Å². The van der Waals surface area contributed by atoms with Crippen molar-refractivity contribution in [3.8, 4) is 11.8 Å². The Kier molecular flexibility index (Phi) is 6.81. The molecule has 0 fully saturated rings. The smallest absolute Gasteiger partial charge is 0.407 e. The van der Waals surface area contributed by atoms with Crippen LogP contribution in [-0.2, 0) is 11.3 Å². The number of benzene rings is 2. The second kappa shape index (κ2) is 9.33. The summed E-state index contributed by atoms with van der Waals surface area (Å²) in [5, 5.41) is 2.67. The van der Waals surface area contributed by atoms with Crippen LogP contribution in [-0.4, -0.2) is 17.6 Å². The van der Waals surface area contributed by atoms with Crippen molar-refractivity contribution in [3.05, 3.63) is 71.3 Å². The average molecular weight is 338 g/mol. The minimum Gasteiger partial charge on any atom is -0.445 e. The van der Waals surface area contributed by atoms with Gasteiger partial charge in [-0.2, -0.15) is 0 Å². The van der Waals surface area contributed by atoms with Gasteiger partial charge in [-0.25, -0.2) is 4.79 Å². The van der Waals surface area contributed by atoms with E-state index in [1.54, 1.807) is 0 Å². The highest BCUT2D eigenvalue weighted by molar-refractivity contribution is 7.80. The highest BCUT2D eigenvalue weighted by Crippen LogP contribution is 2.03. The fourth-order valence-electron chi connectivity index (χ4n) is 1.88. The molecule has 0 spiro atoms. The van der Waals surface area contributed by atoms with Crippen LogP contribution in [0.3, 0.4) is 0 Å². The van der Waals surface area contributed by atoms with Crippen molar-refractivity contribution >= 4 is 23.3 Å². The molecule has 24 heavy (non-hydrogen) atoms. The maximum Gasteiger partial charge on any atom is 0.407 e. The minimum absolute atomic E-state index is 0.258. The lowest BCUT2D eigenvalue weighted by molar-refractivity contribution is 0.140. The Morgan fingerprint density at radius 2 is 1.83 bits per heavy atom. The number of ether oxygens (including phenoxy) is 1. The summed E-state index contributed by atoms with van der Waals surface area (Å²) in [7, 11) is 0. The van der Waals surface area contributed by atoms with E-state index in [2.05, 4.69) is 17.2 Å². The number of alkyl carbamates (subject to hydrolysis) is 1. The van der Waals surface area contributed by atoms with Gasteiger partial charge in [0.25, 0.3) is 0 Å². The third-order valence-corrected chi connectivity index (χ3v) is 3.37. The molecule has 0 radical (unpaired) electrons. The number of carbonyl (C=O) groups excluding carboxylic acids is 1. The van der Waals surface area contributed by atoms with E-state index in [-0.39, 0.29) is 6.61 Å². The van der Waals surface area contributed by atoms with Crippen LogP contribution in [0.1, 0.15) is 23.1 Å². The van der Waals surface area contributed by atoms with Gasteiger partial charge in [0.15, 0.2) is 0 Å². The molecule has 0 saturated carbocycles. The third-order valence-electron chi connectivity index (χ3n) is 3.13. The van der Waals surface area contributed by atoms with Gasteiger partial charge in [0.05, 0.1) is 0 Å².